The average molecular weight is 283 g/mol. The van der Waals surface area contributed by atoms with Gasteiger partial charge in [0.25, 0.3) is 0 Å². The second-order valence-electron chi connectivity index (χ2n) is 6.36. The topological polar surface area (TPSA) is 35.6 Å². The molecule has 1 atom stereocenters. The lowest BCUT2D eigenvalue weighted by Gasteiger charge is -2.33. The highest BCUT2D eigenvalue weighted by Gasteiger charge is 2.22. The number of likely N-dealkylation sites (tertiary alicyclic amines) is 1. The van der Waals surface area contributed by atoms with E-state index in [4.69, 9.17) is 0 Å². The fraction of sp³-hybridized carbons (Fsp3) is 0.938. The molecule has 1 amide bonds. The van der Waals surface area contributed by atoms with E-state index >= 15 is 0 Å². The largest absolute Gasteiger partial charge is 0.342 e. The van der Waals surface area contributed by atoms with E-state index in [2.05, 4.69) is 37.9 Å². The van der Waals surface area contributed by atoms with Crippen molar-refractivity contribution in [1.82, 2.24) is 15.1 Å². The number of piperidine rings is 1. The number of rotatable bonds is 8. The second kappa shape index (κ2) is 9.35. The van der Waals surface area contributed by atoms with Crippen molar-refractivity contribution in [2.45, 2.75) is 40.5 Å². The predicted octanol–water partition coefficient (Wildman–Crippen LogP) is 1.81. The molecule has 0 aromatic rings. The molecule has 0 spiro atoms. The summed E-state index contributed by atoms with van der Waals surface area (Å²) in [5.41, 5.74) is 0. The van der Waals surface area contributed by atoms with E-state index in [9.17, 15) is 4.79 Å². The fourth-order valence-electron chi connectivity index (χ4n) is 2.91. The van der Waals surface area contributed by atoms with Gasteiger partial charge in [0.15, 0.2) is 0 Å². The molecule has 1 aliphatic rings. The van der Waals surface area contributed by atoms with E-state index < -0.39 is 0 Å². The van der Waals surface area contributed by atoms with Gasteiger partial charge in [0.2, 0.25) is 5.91 Å². The monoisotopic (exact) mass is 283 g/mol. The Hall–Kier alpha value is -0.610. The third-order valence-electron chi connectivity index (χ3n) is 4.06. The molecule has 118 valence electrons. The first-order valence-electron chi connectivity index (χ1n) is 8.27. The molecule has 20 heavy (non-hydrogen) atoms. The number of hydrogen-bond acceptors (Lipinski definition) is 3. The summed E-state index contributed by atoms with van der Waals surface area (Å²) in [5, 5.41) is 3.55. The molecular weight excluding hydrogens is 250 g/mol. The lowest BCUT2D eigenvalue weighted by atomic mass is 9.97. The van der Waals surface area contributed by atoms with Crippen LogP contribution in [0.2, 0.25) is 0 Å². The highest BCUT2D eigenvalue weighted by molar-refractivity contribution is 5.78. The highest BCUT2D eigenvalue weighted by Crippen LogP contribution is 2.15. The molecule has 1 heterocycles. The van der Waals surface area contributed by atoms with Crippen molar-refractivity contribution in [3.8, 4) is 0 Å². The van der Waals surface area contributed by atoms with E-state index in [0.29, 0.717) is 18.4 Å². The summed E-state index contributed by atoms with van der Waals surface area (Å²) < 4.78 is 0. The predicted molar refractivity (Wildman–Crippen MR) is 84.8 cm³/mol. The maximum Gasteiger partial charge on any atom is 0.236 e. The van der Waals surface area contributed by atoms with Crippen LogP contribution in [0.3, 0.4) is 0 Å². The summed E-state index contributed by atoms with van der Waals surface area (Å²) in [7, 11) is 0. The van der Waals surface area contributed by atoms with E-state index in [-0.39, 0.29) is 5.91 Å². The Morgan fingerprint density at radius 2 is 2.05 bits per heavy atom. The van der Waals surface area contributed by atoms with Crippen molar-refractivity contribution < 1.29 is 4.79 Å². The van der Waals surface area contributed by atoms with Crippen LogP contribution in [0.15, 0.2) is 0 Å². The van der Waals surface area contributed by atoms with E-state index in [1.54, 1.807) is 0 Å². The smallest absolute Gasteiger partial charge is 0.236 e. The Morgan fingerprint density at radius 1 is 1.35 bits per heavy atom. The molecule has 0 bridgehead atoms. The van der Waals surface area contributed by atoms with Crippen LogP contribution in [-0.2, 0) is 4.79 Å². The fourth-order valence-corrected chi connectivity index (χ4v) is 2.91. The number of nitrogens with zero attached hydrogens (tertiary/aromatic N) is 2. The Bertz CT molecular complexity index is 277. The van der Waals surface area contributed by atoms with Gasteiger partial charge in [0.05, 0.1) is 6.54 Å². The molecule has 0 saturated carbocycles. The molecule has 0 aliphatic carbocycles. The van der Waals surface area contributed by atoms with Crippen molar-refractivity contribution in [2.75, 3.05) is 45.8 Å². The van der Waals surface area contributed by atoms with Gasteiger partial charge in [-0.05, 0) is 58.2 Å². The van der Waals surface area contributed by atoms with E-state index in [1.807, 2.05) is 4.90 Å². The van der Waals surface area contributed by atoms with Gasteiger partial charge in [0.1, 0.15) is 0 Å². The van der Waals surface area contributed by atoms with E-state index in [1.165, 1.54) is 12.8 Å². The first-order chi connectivity index (χ1) is 9.56. The van der Waals surface area contributed by atoms with Crippen LogP contribution < -0.4 is 5.32 Å². The second-order valence-corrected chi connectivity index (χ2v) is 6.36. The summed E-state index contributed by atoms with van der Waals surface area (Å²) in [6.07, 6.45) is 2.51. The summed E-state index contributed by atoms with van der Waals surface area (Å²) in [6, 6.07) is 0. The summed E-state index contributed by atoms with van der Waals surface area (Å²) in [5.74, 6) is 1.69. The van der Waals surface area contributed by atoms with Crippen molar-refractivity contribution in [1.29, 1.82) is 0 Å². The molecule has 1 rings (SSSR count). The number of nitrogens with one attached hydrogen (secondary N) is 1. The van der Waals surface area contributed by atoms with Gasteiger partial charge in [-0.2, -0.15) is 0 Å². The standard InChI is InChI=1S/C16H33N3O/c1-5-19(6-2)16(20)13-18-9-7-8-15(12-18)11-17-10-14(3)4/h14-15,17H,5-13H2,1-4H3. The molecule has 1 aliphatic heterocycles. The summed E-state index contributed by atoms with van der Waals surface area (Å²) in [6.45, 7) is 15.2. The lowest BCUT2D eigenvalue weighted by molar-refractivity contribution is -0.132. The quantitative estimate of drug-likeness (QED) is 0.738. The van der Waals surface area contributed by atoms with Crippen LogP contribution in [0.5, 0.6) is 0 Å². The molecular formula is C16H33N3O. The average Bonchev–Trinajstić information content (AvgIpc) is 2.40. The molecule has 1 N–H and O–H groups in total. The highest BCUT2D eigenvalue weighted by atomic mass is 16.2. The zero-order valence-electron chi connectivity index (χ0n) is 13.8. The van der Waals surface area contributed by atoms with Crippen LogP contribution in [0.4, 0.5) is 0 Å². The molecule has 4 heteroatoms. The molecule has 0 aromatic carbocycles. The Morgan fingerprint density at radius 3 is 2.65 bits per heavy atom. The third-order valence-corrected chi connectivity index (χ3v) is 4.06. The number of likely N-dealkylation sites (N-methyl/N-ethyl adjacent to an activating group) is 1. The maximum absolute atomic E-state index is 12.2. The zero-order chi connectivity index (χ0) is 15.0. The van der Waals surface area contributed by atoms with Gasteiger partial charge in [-0.25, -0.2) is 0 Å². The molecule has 0 aromatic heterocycles. The normalized spacial score (nSPS) is 20.4. The molecule has 0 radical (unpaired) electrons. The van der Waals surface area contributed by atoms with E-state index in [0.717, 1.165) is 39.3 Å². The molecule has 4 nitrogen and oxygen atoms in total. The maximum atomic E-state index is 12.2. The van der Waals surface area contributed by atoms with Gasteiger partial charge in [-0.1, -0.05) is 13.8 Å². The van der Waals surface area contributed by atoms with Crippen LogP contribution in [-0.4, -0.2) is 61.5 Å². The lowest BCUT2D eigenvalue weighted by Crippen LogP contribution is -2.46. The first kappa shape index (κ1) is 17.4. The number of carbonyl (C=O) groups excluding carboxylic acids is 1. The minimum Gasteiger partial charge on any atom is -0.342 e. The summed E-state index contributed by atoms with van der Waals surface area (Å²) >= 11 is 0. The van der Waals surface area contributed by atoms with Crippen molar-refractivity contribution >= 4 is 5.91 Å². The van der Waals surface area contributed by atoms with Crippen LogP contribution in [0.25, 0.3) is 0 Å². The van der Waals surface area contributed by atoms with Crippen LogP contribution in [0.1, 0.15) is 40.5 Å². The van der Waals surface area contributed by atoms with Crippen LogP contribution in [0, 0.1) is 11.8 Å². The number of hydrogen-bond donors (Lipinski definition) is 1. The SMILES string of the molecule is CCN(CC)C(=O)CN1CCCC(CNCC(C)C)C1. The van der Waals surface area contributed by atoms with Crippen LogP contribution >= 0.6 is 0 Å². The van der Waals surface area contributed by atoms with Gasteiger partial charge in [-0.15, -0.1) is 0 Å². The molecule has 1 unspecified atom stereocenters. The van der Waals surface area contributed by atoms with Gasteiger partial charge in [0, 0.05) is 19.6 Å². The third kappa shape index (κ3) is 6.23. The Balaban J connectivity index is 2.31. The summed E-state index contributed by atoms with van der Waals surface area (Å²) in [4.78, 5) is 16.4. The van der Waals surface area contributed by atoms with Gasteiger partial charge in [-0.3, -0.25) is 9.69 Å². The Labute approximate surface area is 124 Å². The zero-order valence-corrected chi connectivity index (χ0v) is 13.8. The van der Waals surface area contributed by atoms with Crippen molar-refractivity contribution in [2.24, 2.45) is 11.8 Å². The van der Waals surface area contributed by atoms with Gasteiger partial charge >= 0.3 is 0 Å². The molecule has 1 fully saturated rings. The van der Waals surface area contributed by atoms with Crippen molar-refractivity contribution in [3.05, 3.63) is 0 Å². The first-order valence-corrected chi connectivity index (χ1v) is 8.27. The Kier molecular flexibility index (Phi) is 8.15. The number of amides is 1. The molecule has 1 saturated heterocycles. The minimum absolute atomic E-state index is 0.283. The van der Waals surface area contributed by atoms with Crippen molar-refractivity contribution in [3.63, 3.8) is 0 Å². The minimum atomic E-state index is 0.283. The number of carbonyl (C=O) groups is 1. The van der Waals surface area contributed by atoms with Gasteiger partial charge < -0.3 is 10.2 Å².